The molecule has 2 aromatic carbocycles. The third kappa shape index (κ3) is 3.68. The van der Waals surface area contributed by atoms with Gasteiger partial charge in [0, 0.05) is 11.3 Å². The van der Waals surface area contributed by atoms with Crippen LogP contribution in [0, 0.1) is 0 Å². The molecule has 0 aromatic heterocycles. The van der Waals surface area contributed by atoms with Gasteiger partial charge in [-0.1, -0.05) is 48.5 Å². The van der Waals surface area contributed by atoms with Crippen molar-refractivity contribution in [2.45, 2.75) is 6.04 Å². The fourth-order valence-electron chi connectivity index (χ4n) is 2.11. The summed E-state index contributed by atoms with van der Waals surface area (Å²) in [6, 6.07) is 16.1. The minimum atomic E-state index is -0.773. The van der Waals surface area contributed by atoms with Crippen LogP contribution in [0.1, 0.15) is 10.4 Å². The smallest absolute Gasteiger partial charge is 0.329 e. The van der Waals surface area contributed by atoms with Crippen LogP contribution in [0.5, 0.6) is 0 Å². The highest BCUT2D eigenvalue weighted by atomic mass is 32.1. The maximum Gasteiger partial charge on any atom is 0.329 e. The van der Waals surface area contributed by atoms with Gasteiger partial charge in [-0.2, -0.15) is 12.6 Å². The number of carbonyl (C=O) groups is 2. The van der Waals surface area contributed by atoms with E-state index in [1.165, 1.54) is 7.11 Å². The van der Waals surface area contributed by atoms with Gasteiger partial charge in [0.2, 0.25) is 0 Å². The maximum absolute atomic E-state index is 12.5. The average molecular weight is 315 g/mol. The number of hydrogen-bond acceptors (Lipinski definition) is 4. The van der Waals surface area contributed by atoms with Gasteiger partial charge in [-0.15, -0.1) is 0 Å². The van der Waals surface area contributed by atoms with Gasteiger partial charge in [-0.25, -0.2) is 4.79 Å². The number of amides is 1. The van der Waals surface area contributed by atoms with Gasteiger partial charge < -0.3 is 10.1 Å². The Morgan fingerprint density at radius 1 is 1.09 bits per heavy atom. The van der Waals surface area contributed by atoms with E-state index < -0.39 is 12.0 Å². The van der Waals surface area contributed by atoms with Crippen LogP contribution in [-0.4, -0.2) is 30.8 Å². The molecule has 0 aliphatic rings. The van der Waals surface area contributed by atoms with Crippen molar-refractivity contribution in [1.29, 1.82) is 0 Å². The highest BCUT2D eigenvalue weighted by Gasteiger charge is 2.22. The second kappa shape index (κ2) is 7.66. The van der Waals surface area contributed by atoms with E-state index in [2.05, 4.69) is 22.7 Å². The Bertz CT molecular complexity index is 658. The molecule has 22 heavy (non-hydrogen) atoms. The number of rotatable bonds is 5. The highest BCUT2D eigenvalue weighted by molar-refractivity contribution is 7.80. The van der Waals surface area contributed by atoms with Crippen molar-refractivity contribution < 1.29 is 14.3 Å². The molecule has 1 N–H and O–H groups in total. The number of carbonyl (C=O) groups excluding carboxylic acids is 2. The van der Waals surface area contributed by atoms with Crippen LogP contribution in [-0.2, 0) is 9.53 Å². The molecule has 0 heterocycles. The average Bonchev–Trinajstić information content (AvgIpc) is 2.59. The maximum atomic E-state index is 12.5. The Labute approximate surface area is 134 Å². The van der Waals surface area contributed by atoms with E-state index in [9.17, 15) is 9.59 Å². The number of ether oxygens (including phenoxy) is 1. The summed E-state index contributed by atoms with van der Waals surface area (Å²) in [5, 5.41) is 2.65. The van der Waals surface area contributed by atoms with Crippen molar-refractivity contribution >= 4 is 24.5 Å². The van der Waals surface area contributed by atoms with Crippen molar-refractivity contribution in [3.05, 3.63) is 60.2 Å². The SMILES string of the molecule is COC(=O)C(CS)NC(=O)c1ccccc1-c1ccccc1. The second-order valence-electron chi connectivity index (χ2n) is 4.64. The molecular weight excluding hydrogens is 298 g/mol. The van der Waals surface area contributed by atoms with E-state index in [1.54, 1.807) is 12.1 Å². The summed E-state index contributed by atoms with van der Waals surface area (Å²) in [5.41, 5.74) is 2.25. The van der Waals surface area contributed by atoms with Crippen LogP contribution >= 0.6 is 12.6 Å². The summed E-state index contributed by atoms with van der Waals surface area (Å²) in [7, 11) is 1.28. The minimum absolute atomic E-state index is 0.173. The molecule has 1 amide bonds. The summed E-state index contributed by atoms with van der Waals surface area (Å²) in [5.74, 6) is -0.671. The number of benzene rings is 2. The number of methoxy groups -OCH3 is 1. The van der Waals surface area contributed by atoms with E-state index in [4.69, 9.17) is 0 Å². The van der Waals surface area contributed by atoms with Gasteiger partial charge in [0.15, 0.2) is 0 Å². The molecule has 0 aliphatic carbocycles. The molecule has 5 heteroatoms. The minimum Gasteiger partial charge on any atom is -0.467 e. The quantitative estimate of drug-likeness (QED) is 0.658. The summed E-state index contributed by atoms with van der Waals surface area (Å²) >= 11 is 4.08. The Morgan fingerprint density at radius 2 is 1.73 bits per heavy atom. The van der Waals surface area contributed by atoms with Crippen molar-refractivity contribution in [3.8, 4) is 11.1 Å². The molecule has 114 valence electrons. The molecule has 0 spiro atoms. The molecule has 2 rings (SSSR count). The Balaban J connectivity index is 2.29. The number of thiol groups is 1. The molecular formula is C17H17NO3S. The first-order valence-electron chi connectivity index (χ1n) is 6.81. The number of nitrogens with one attached hydrogen (secondary N) is 1. The van der Waals surface area contributed by atoms with E-state index in [0.717, 1.165) is 11.1 Å². The van der Waals surface area contributed by atoms with E-state index in [0.29, 0.717) is 5.56 Å². The molecule has 0 aliphatic heterocycles. The summed E-state index contributed by atoms with van der Waals surface area (Å²) in [6.07, 6.45) is 0. The summed E-state index contributed by atoms with van der Waals surface area (Å²) < 4.78 is 4.65. The highest BCUT2D eigenvalue weighted by Crippen LogP contribution is 2.23. The normalized spacial score (nSPS) is 11.5. The Morgan fingerprint density at radius 3 is 2.36 bits per heavy atom. The lowest BCUT2D eigenvalue weighted by atomic mass is 9.99. The first-order chi connectivity index (χ1) is 10.7. The Hall–Kier alpha value is -2.27. The lowest BCUT2D eigenvalue weighted by molar-refractivity contribution is -0.142. The fourth-order valence-corrected chi connectivity index (χ4v) is 2.35. The van der Waals surface area contributed by atoms with Crippen LogP contribution in [0.4, 0.5) is 0 Å². The zero-order chi connectivity index (χ0) is 15.9. The van der Waals surface area contributed by atoms with E-state index in [-0.39, 0.29) is 11.7 Å². The molecule has 1 atom stereocenters. The van der Waals surface area contributed by atoms with Gasteiger partial charge in [0.1, 0.15) is 6.04 Å². The molecule has 0 radical (unpaired) electrons. The molecule has 0 saturated heterocycles. The second-order valence-corrected chi connectivity index (χ2v) is 5.01. The van der Waals surface area contributed by atoms with Crippen LogP contribution in [0.2, 0.25) is 0 Å². The molecule has 0 fully saturated rings. The summed E-state index contributed by atoms with van der Waals surface area (Å²) in [6.45, 7) is 0. The van der Waals surface area contributed by atoms with Crippen molar-refractivity contribution in [1.82, 2.24) is 5.32 Å². The topological polar surface area (TPSA) is 55.4 Å². The lowest BCUT2D eigenvalue weighted by Crippen LogP contribution is -2.43. The molecule has 1 unspecified atom stereocenters. The molecule has 4 nitrogen and oxygen atoms in total. The lowest BCUT2D eigenvalue weighted by Gasteiger charge is -2.16. The molecule has 0 bridgehead atoms. The standard InChI is InChI=1S/C17H17NO3S/c1-21-17(20)15(11-22)18-16(19)14-10-6-5-9-13(14)12-7-3-2-4-8-12/h2-10,15,22H,11H2,1H3,(H,18,19). The fraction of sp³-hybridized carbons (Fsp3) is 0.176. The predicted octanol–water partition coefficient (Wildman–Crippen LogP) is 2.55. The van der Waals surface area contributed by atoms with Gasteiger partial charge >= 0.3 is 5.97 Å². The van der Waals surface area contributed by atoms with Crippen molar-refractivity contribution in [2.24, 2.45) is 0 Å². The summed E-state index contributed by atoms with van der Waals surface area (Å²) in [4.78, 5) is 24.1. The van der Waals surface area contributed by atoms with Crippen LogP contribution < -0.4 is 5.32 Å². The van der Waals surface area contributed by atoms with Crippen molar-refractivity contribution in [3.63, 3.8) is 0 Å². The van der Waals surface area contributed by atoms with Gasteiger partial charge in [0.25, 0.3) is 5.91 Å². The third-order valence-electron chi connectivity index (χ3n) is 3.23. The van der Waals surface area contributed by atoms with Gasteiger partial charge in [-0.3, -0.25) is 4.79 Å². The van der Waals surface area contributed by atoms with E-state index >= 15 is 0 Å². The number of hydrogen-bond donors (Lipinski definition) is 2. The van der Waals surface area contributed by atoms with E-state index in [1.807, 2.05) is 42.5 Å². The predicted molar refractivity (Wildman–Crippen MR) is 89.0 cm³/mol. The van der Waals surface area contributed by atoms with Crippen LogP contribution in [0.15, 0.2) is 54.6 Å². The molecule has 2 aromatic rings. The Kier molecular flexibility index (Phi) is 5.61. The monoisotopic (exact) mass is 315 g/mol. The largest absolute Gasteiger partial charge is 0.467 e. The zero-order valence-corrected chi connectivity index (χ0v) is 13.0. The molecule has 0 saturated carbocycles. The first kappa shape index (κ1) is 16.1. The van der Waals surface area contributed by atoms with Crippen LogP contribution in [0.3, 0.4) is 0 Å². The third-order valence-corrected chi connectivity index (χ3v) is 3.60. The van der Waals surface area contributed by atoms with Crippen molar-refractivity contribution in [2.75, 3.05) is 12.9 Å². The van der Waals surface area contributed by atoms with Crippen LogP contribution in [0.25, 0.3) is 11.1 Å². The van der Waals surface area contributed by atoms with Gasteiger partial charge in [0.05, 0.1) is 7.11 Å². The van der Waals surface area contributed by atoms with Gasteiger partial charge in [-0.05, 0) is 17.2 Å². The number of esters is 1. The zero-order valence-electron chi connectivity index (χ0n) is 12.2. The first-order valence-corrected chi connectivity index (χ1v) is 7.44.